The third-order valence-electron chi connectivity index (χ3n) is 6.20. The molecule has 0 aliphatic heterocycles. The maximum absolute atomic E-state index is 13.7. The van der Waals surface area contributed by atoms with Crippen LogP contribution in [0.25, 0.3) is 5.69 Å². The van der Waals surface area contributed by atoms with Gasteiger partial charge in [-0.25, -0.2) is 0 Å². The van der Waals surface area contributed by atoms with Gasteiger partial charge in [-0.2, -0.15) is 9.78 Å². The molecule has 0 aliphatic rings. The summed E-state index contributed by atoms with van der Waals surface area (Å²) in [6.45, 7) is 2.42. The molecule has 1 N–H and O–H groups in total. The molecule has 1 amide bonds. The van der Waals surface area contributed by atoms with Crippen molar-refractivity contribution in [1.82, 2.24) is 14.7 Å². The summed E-state index contributed by atoms with van der Waals surface area (Å²) in [7, 11) is 1.76. The van der Waals surface area contributed by atoms with Gasteiger partial charge in [-0.05, 0) is 66.6 Å². The van der Waals surface area contributed by atoms with E-state index in [2.05, 4.69) is 10.4 Å². The summed E-state index contributed by atoms with van der Waals surface area (Å²) in [5.74, 6) is 0.528. The maximum Gasteiger partial charge on any atom is 0.299 e. The minimum Gasteiger partial charge on any atom is -0.453 e. The number of benzene rings is 4. The van der Waals surface area contributed by atoms with Crippen molar-refractivity contribution in [3.05, 3.63) is 141 Å². The molecule has 5 rings (SSSR count). The van der Waals surface area contributed by atoms with E-state index in [-0.39, 0.29) is 17.3 Å². The van der Waals surface area contributed by atoms with Gasteiger partial charge in [0.25, 0.3) is 11.5 Å². The summed E-state index contributed by atoms with van der Waals surface area (Å²) in [5.41, 5.74) is 3.42. The first-order chi connectivity index (χ1) is 19.4. The van der Waals surface area contributed by atoms with Gasteiger partial charge in [-0.15, -0.1) is 0 Å². The number of nitrogens with one attached hydrogen (secondary N) is 1. The first kappa shape index (κ1) is 26.7. The summed E-state index contributed by atoms with van der Waals surface area (Å²) < 4.78 is 7.35. The largest absolute Gasteiger partial charge is 0.453 e. The highest BCUT2D eigenvalue weighted by molar-refractivity contribution is 6.30. The van der Waals surface area contributed by atoms with Crippen LogP contribution in [0.1, 0.15) is 21.5 Å². The van der Waals surface area contributed by atoms with Crippen LogP contribution < -0.4 is 15.6 Å². The average Bonchev–Trinajstić information content (AvgIpc) is 2.95. The highest BCUT2D eigenvalue weighted by Crippen LogP contribution is 2.30. The van der Waals surface area contributed by atoms with Crippen molar-refractivity contribution in [3.8, 4) is 17.2 Å². The Hall–Kier alpha value is -4.88. The Balaban J connectivity index is 1.49. The molecule has 4 aromatic carbocycles. The van der Waals surface area contributed by atoms with Crippen molar-refractivity contribution in [2.24, 2.45) is 0 Å². The van der Waals surface area contributed by atoms with Crippen LogP contribution in [-0.4, -0.2) is 27.6 Å². The minimum absolute atomic E-state index is 0.144. The average molecular weight is 551 g/mol. The van der Waals surface area contributed by atoms with Crippen LogP contribution in [0.15, 0.2) is 114 Å². The van der Waals surface area contributed by atoms with Gasteiger partial charge in [0.15, 0.2) is 11.4 Å². The van der Waals surface area contributed by atoms with Crippen molar-refractivity contribution >= 4 is 28.9 Å². The molecular weight excluding hydrogens is 524 g/mol. The Morgan fingerprint density at radius 3 is 2.50 bits per heavy atom. The van der Waals surface area contributed by atoms with E-state index in [9.17, 15) is 9.59 Å². The van der Waals surface area contributed by atoms with Crippen LogP contribution in [0.4, 0.5) is 11.4 Å². The molecular formula is C32H27ClN4O3. The Labute approximate surface area is 237 Å². The lowest BCUT2D eigenvalue weighted by molar-refractivity contribution is 0.0785. The standard InChI is InChI=1S/C32H27ClN4O3/c1-22-9-6-15-27(17-22)37-32(39)30(29(20-34-37)40-28-16-8-13-25(33)19-28)35-26-14-7-12-24(18-26)31(38)36(2)21-23-10-4-3-5-11-23/h3-20,35H,21H2,1-2H3. The number of carbonyl (C=O) groups excluding carboxylic acids is 1. The minimum atomic E-state index is -0.414. The normalized spacial score (nSPS) is 10.7. The van der Waals surface area contributed by atoms with E-state index in [1.54, 1.807) is 60.5 Å². The van der Waals surface area contributed by atoms with Crippen LogP contribution in [0, 0.1) is 6.92 Å². The summed E-state index contributed by atoms with van der Waals surface area (Å²) in [6.07, 6.45) is 1.48. The molecule has 0 unspecified atom stereocenters. The summed E-state index contributed by atoms with van der Waals surface area (Å²) >= 11 is 6.14. The summed E-state index contributed by atoms with van der Waals surface area (Å²) in [5, 5.41) is 8.05. The molecule has 0 saturated heterocycles. The zero-order valence-corrected chi connectivity index (χ0v) is 22.8. The predicted molar refractivity (Wildman–Crippen MR) is 158 cm³/mol. The number of carbonyl (C=O) groups is 1. The maximum atomic E-state index is 13.7. The third kappa shape index (κ3) is 6.22. The summed E-state index contributed by atoms with van der Waals surface area (Å²) in [6, 6.07) is 31.2. The molecule has 5 aromatic rings. The van der Waals surface area contributed by atoms with E-state index in [0.29, 0.717) is 34.3 Å². The number of hydrogen-bond acceptors (Lipinski definition) is 5. The molecule has 0 spiro atoms. The Kier molecular flexibility index (Phi) is 7.94. The second-order valence-electron chi connectivity index (χ2n) is 9.35. The Morgan fingerprint density at radius 1 is 0.950 bits per heavy atom. The van der Waals surface area contributed by atoms with E-state index in [0.717, 1.165) is 11.1 Å². The van der Waals surface area contributed by atoms with Gasteiger partial charge in [0.05, 0.1) is 11.9 Å². The molecule has 0 atom stereocenters. The number of ether oxygens (including phenoxy) is 1. The molecule has 1 heterocycles. The van der Waals surface area contributed by atoms with Gasteiger partial charge in [0.1, 0.15) is 5.75 Å². The Bertz CT molecular complexity index is 1720. The number of anilines is 2. The fourth-order valence-electron chi connectivity index (χ4n) is 4.26. The lowest BCUT2D eigenvalue weighted by Crippen LogP contribution is -2.26. The first-order valence-corrected chi connectivity index (χ1v) is 13.0. The van der Waals surface area contributed by atoms with Gasteiger partial charge in [-0.3, -0.25) is 9.59 Å². The fourth-order valence-corrected chi connectivity index (χ4v) is 4.44. The first-order valence-electron chi connectivity index (χ1n) is 12.7. The van der Waals surface area contributed by atoms with Gasteiger partial charge >= 0.3 is 0 Å². The van der Waals surface area contributed by atoms with E-state index >= 15 is 0 Å². The Morgan fingerprint density at radius 2 is 1.73 bits per heavy atom. The number of amides is 1. The zero-order valence-electron chi connectivity index (χ0n) is 22.0. The summed E-state index contributed by atoms with van der Waals surface area (Å²) in [4.78, 5) is 28.6. The molecule has 7 nitrogen and oxygen atoms in total. The number of aromatic nitrogens is 2. The van der Waals surface area contributed by atoms with Gasteiger partial charge in [-0.1, -0.05) is 66.2 Å². The van der Waals surface area contributed by atoms with Crippen molar-refractivity contribution in [2.75, 3.05) is 12.4 Å². The van der Waals surface area contributed by atoms with E-state index in [1.807, 2.05) is 61.5 Å². The quantitative estimate of drug-likeness (QED) is 0.225. The number of aryl methyl sites for hydroxylation is 1. The number of hydrogen-bond donors (Lipinski definition) is 1. The van der Waals surface area contributed by atoms with Crippen molar-refractivity contribution in [3.63, 3.8) is 0 Å². The lowest BCUT2D eigenvalue weighted by Gasteiger charge is -2.18. The molecule has 0 fully saturated rings. The number of halogens is 1. The van der Waals surface area contributed by atoms with Gasteiger partial charge < -0.3 is 15.0 Å². The van der Waals surface area contributed by atoms with E-state index in [1.165, 1.54) is 10.9 Å². The predicted octanol–water partition coefficient (Wildman–Crippen LogP) is 7.00. The monoisotopic (exact) mass is 550 g/mol. The van der Waals surface area contributed by atoms with Crippen LogP contribution in [0.2, 0.25) is 5.02 Å². The second kappa shape index (κ2) is 11.9. The van der Waals surface area contributed by atoms with Crippen molar-refractivity contribution < 1.29 is 9.53 Å². The van der Waals surface area contributed by atoms with E-state index < -0.39 is 5.56 Å². The molecule has 1 aromatic heterocycles. The van der Waals surface area contributed by atoms with E-state index in [4.69, 9.17) is 16.3 Å². The van der Waals surface area contributed by atoms with Gasteiger partial charge in [0.2, 0.25) is 0 Å². The molecule has 0 bridgehead atoms. The molecule has 0 aliphatic carbocycles. The van der Waals surface area contributed by atoms with Crippen molar-refractivity contribution in [1.29, 1.82) is 0 Å². The second-order valence-corrected chi connectivity index (χ2v) is 9.79. The number of nitrogens with zero attached hydrogens (tertiary/aromatic N) is 3. The fraction of sp³-hybridized carbons (Fsp3) is 0.0938. The SMILES string of the molecule is Cc1cccc(-n2ncc(Oc3cccc(Cl)c3)c(Nc3cccc(C(=O)N(C)Cc4ccccc4)c3)c2=O)c1. The van der Waals surface area contributed by atoms with Crippen LogP contribution in [0.3, 0.4) is 0 Å². The topological polar surface area (TPSA) is 76.5 Å². The molecule has 0 radical (unpaired) electrons. The van der Waals surface area contributed by atoms with Crippen LogP contribution in [0.5, 0.6) is 11.5 Å². The highest BCUT2D eigenvalue weighted by Gasteiger charge is 2.17. The lowest BCUT2D eigenvalue weighted by atomic mass is 10.1. The zero-order chi connectivity index (χ0) is 28.1. The smallest absolute Gasteiger partial charge is 0.299 e. The van der Waals surface area contributed by atoms with Gasteiger partial charge in [0, 0.05) is 29.9 Å². The molecule has 0 saturated carbocycles. The third-order valence-corrected chi connectivity index (χ3v) is 6.44. The highest BCUT2D eigenvalue weighted by atomic mass is 35.5. The number of rotatable bonds is 8. The molecule has 8 heteroatoms. The van der Waals surface area contributed by atoms with Crippen LogP contribution >= 0.6 is 11.6 Å². The van der Waals surface area contributed by atoms with Crippen LogP contribution in [-0.2, 0) is 6.54 Å². The molecule has 200 valence electrons. The van der Waals surface area contributed by atoms with Crippen molar-refractivity contribution in [2.45, 2.75) is 13.5 Å². The molecule has 40 heavy (non-hydrogen) atoms.